The summed E-state index contributed by atoms with van der Waals surface area (Å²) in [7, 11) is 0. The molecule has 0 spiro atoms. The number of Topliss-reactive ketones (excluding diaryl/α,β-unsaturated/α-hetero) is 2. The third-order valence-corrected chi connectivity index (χ3v) is 1.68. The SMILES string of the molecule is CC1=C(N=O)CC(=O)CC1=O. The first kappa shape index (κ1) is 7.78. The highest BCUT2D eigenvalue weighted by molar-refractivity contribution is 6.11. The molecular weight excluding hydrogens is 146 g/mol. The van der Waals surface area contributed by atoms with Crippen LogP contribution in [0.3, 0.4) is 0 Å². The van der Waals surface area contributed by atoms with Crippen LogP contribution >= 0.6 is 0 Å². The number of carbonyl (C=O) groups is 2. The molecule has 0 unspecified atom stereocenters. The second kappa shape index (κ2) is 2.74. The fourth-order valence-electron chi connectivity index (χ4n) is 0.955. The Bertz CT molecular complexity index is 265. The zero-order chi connectivity index (χ0) is 8.43. The lowest BCUT2D eigenvalue weighted by Crippen LogP contribution is -2.16. The van der Waals surface area contributed by atoms with Gasteiger partial charge < -0.3 is 0 Å². The maximum atomic E-state index is 10.9. The molecule has 1 rings (SSSR count). The lowest BCUT2D eigenvalue weighted by Gasteiger charge is -2.08. The summed E-state index contributed by atoms with van der Waals surface area (Å²) in [6.07, 6.45) is -0.0636. The number of rotatable bonds is 1. The largest absolute Gasteiger partial charge is 0.299 e. The Labute approximate surface area is 63.3 Å². The molecule has 11 heavy (non-hydrogen) atoms. The Morgan fingerprint density at radius 2 is 1.91 bits per heavy atom. The molecule has 0 aromatic rings. The summed E-state index contributed by atoms with van der Waals surface area (Å²) < 4.78 is 0. The van der Waals surface area contributed by atoms with Crippen LogP contribution in [0.2, 0.25) is 0 Å². The number of allylic oxidation sites excluding steroid dienone is 2. The fourth-order valence-corrected chi connectivity index (χ4v) is 0.955. The van der Waals surface area contributed by atoms with Gasteiger partial charge in [-0.25, -0.2) is 0 Å². The fraction of sp³-hybridized carbons (Fsp3) is 0.429. The van der Waals surface area contributed by atoms with Gasteiger partial charge >= 0.3 is 0 Å². The molecule has 0 aromatic carbocycles. The van der Waals surface area contributed by atoms with Crippen LogP contribution in [0.15, 0.2) is 16.4 Å². The molecule has 0 radical (unpaired) electrons. The Kier molecular flexibility index (Phi) is 1.94. The van der Waals surface area contributed by atoms with Crippen molar-refractivity contribution >= 4 is 11.6 Å². The van der Waals surface area contributed by atoms with Crippen LogP contribution in [0.4, 0.5) is 0 Å². The summed E-state index contributed by atoms with van der Waals surface area (Å²) in [5.41, 5.74) is 0.422. The molecular formula is C7H7NO3. The van der Waals surface area contributed by atoms with E-state index in [1.807, 2.05) is 0 Å². The molecule has 0 saturated carbocycles. The highest BCUT2D eigenvalue weighted by atomic mass is 16.3. The number of nitrogens with zero attached hydrogens (tertiary/aromatic N) is 1. The molecule has 0 aromatic heterocycles. The van der Waals surface area contributed by atoms with Crippen molar-refractivity contribution in [2.24, 2.45) is 5.18 Å². The molecule has 4 heteroatoms. The van der Waals surface area contributed by atoms with Crippen LogP contribution in [0.5, 0.6) is 0 Å². The minimum atomic E-state index is -0.282. The van der Waals surface area contributed by atoms with E-state index in [1.165, 1.54) is 6.92 Å². The van der Waals surface area contributed by atoms with Crippen molar-refractivity contribution in [3.05, 3.63) is 16.2 Å². The Hall–Kier alpha value is -1.32. The van der Waals surface area contributed by atoms with Gasteiger partial charge in [-0.3, -0.25) is 9.59 Å². The lowest BCUT2D eigenvalue weighted by molar-refractivity contribution is -0.125. The second-order valence-corrected chi connectivity index (χ2v) is 2.48. The summed E-state index contributed by atoms with van der Waals surface area (Å²) in [5.74, 6) is -0.508. The van der Waals surface area contributed by atoms with Crippen molar-refractivity contribution in [2.45, 2.75) is 19.8 Å². The minimum Gasteiger partial charge on any atom is -0.299 e. The molecule has 0 saturated heterocycles. The van der Waals surface area contributed by atoms with Gasteiger partial charge in [0.05, 0.1) is 18.5 Å². The lowest BCUT2D eigenvalue weighted by atomic mass is 9.96. The molecule has 0 atom stereocenters. The predicted octanol–water partition coefficient (Wildman–Crippen LogP) is 0.959. The zero-order valence-corrected chi connectivity index (χ0v) is 6.09. The molecule has 0 amide bonds. The third kappa shape index (κ3) is 1.39. The average molecular weight is 153 g/mol. The molecule has 1 aliphatic carbocycles. The summed E-state index contributed by atoms with van der Waals surface area (Å²) >= 11 is 0. The van der Waals surface area contributed by atoms with E-state index in [0.717, 1.165) is 0 Å². The first-order valence-electron chi connectivity index (χ1n) is 3.23. The van der Waals surface area contributed by atoms with E-state index in [9.17, 15) is 14.5 Å². The monoisotopic (exact) mass is 153 g/mol. The van der Waals surface area contributed by atoms with Gasteiger partial charge in [0, 0.05) is 5.57 Å². The molecule has 0 N–H and O–H groups in total. The number of carbonyl (C=O) groups excluding carboxylic acids is 2. The predicted molar refractivity (Wildman–Crippen MR) is 37.7 cm³/mol. The molecule has 0 heterocycles. The van der Waals surface area contributed by atoms with Gasteiger partial charge in [-0.15, -0.1) is 4.91 Å². The first-order valence-corrected chi connectivity index (χ1v) is 3.23. The van der Waals surface area contributed by atoms with E-state index in [0.29, 0.717) is 5.57 Å². The normalized spacial score (nSPS) is 19.0. The highest BCUT2D eigenvalue weighted by Gasteiger charge is 2.23. The van der Waals surface area contributed by atoms with Crippen molar-refractivity contribution in [2.75, 3.05) is 0 Å². The topological polar surface area (TPSA) is 63.6 Å². The Balaban J connectivity index is 3.03. The highest BCUT2D eigenvalue weighted by Crippen LogP contribution is 2.19. The Morgan fingerprint density at radius 3 is 2.45 bits per heavy atom. The van der Waals surface area contributed by atoms with Crippen LogP contribution < -0.4 is 0 Å². The van der Waals surface area contributed by atoms with Crippen molar-refractivity contribution in [1.82, 2.24) is 0 Å². The maximum Gasteiger partial charge on any atom is 0.167 e. The van der Waals surface area contributed by atoms with Crippen molar-refractivity contribution < 1.29 is 9.59 Å². The summed E-state index contributed by atoms with van der Waals surface area (Å²) in [4.78, 5) is 31.7. The summed E-state index contributed by atoms with van der Waals surface area (Å²) in [6, 6.07) is 0. The van der Waals surface area contributed by atoms with Crippen LogP contribution in [-0.4, -0.2) is 11.6 Å². The molecule has 58 valence electrons. The van der Waals surface area contributed by atoms with Gasteiger partial charge in [0.2, 0.25) is 0 Å². The summed E-state index contributed by atoms with van der Waals surface area (Å²) in [6.45, 7) is 1.52. The van der Waals surface area contributed by atoms with Crippen LogP contribution in [0.1, 0.15) is 19.8 Å². The molecule has 0 bridgehead atoms. The number of hydrogen-bond acceptors (Lipinski definition) is 4. The van der Waals surface area contributed by atoms with E-state index in [4.69, 9.17) is 0 Å². The third-order valence-electron chi connectivity index (χ3n) is 1.68. The van der Waals surface area contributed by atoms with Crippen LogP contribution in [0, 0.1) is 4.91 Å². The van der Waals surface area contributed by atoms with E-state index < -0.39 is 0 Å². The van der Waals surface area contributed by atoms with Gasteiger partial charge in [-0.1, -0.05) is 0 Å². The van der Waals surface area contributed by atoms with Gasteiger partial charge in [0.15, 0.2) is 5.78 Å². The average Bonchev–Trinajstić information content (AvgIpc) is 1.96. The van der Waals surface area contributed by atoms with Gasteiger partial charge in [-0.05, 0) is 12.1 Å². The van der Waals surface area contributed by atoms with Gasteiger partial charge in [-0.2, -0.15) is 0 Å². The minimum absolute atomic E-state index is 0.0150. The molecule has 4 nitrogen and oxygen atoms in total. The van der Waals surface area contributed by atoms with E-state index >= 15 is 0 Å². The standard InChI is InChI=1S/C7H7NO3/c1-4-6(8-11)2-5(9)3-7(4)10/h2-3H2,1H3. The zero-order valence-electron chi connectivity index (χ0n) is 6.09. The number of nitroso groups, excluding NO2 is 1. The van der Waals surface area contributed by atoms with Gasteiger partial charge in [0.25, 0.3) is 0 Å². The van der Waals surface area contributed by atoms with Crippen LogP contribution in [0.25, 0.3) is 0 Å². The van der Waals surface area contributed by atoms with Gasteiger partial charge in [0.1, 0.15) is 5.78 Å². The number of hydrogen-bond donors (Lipinski definition) is 0. The van der Waals surface area contributed by atoms with E-state index in [1.54, 1.807) is 0 Å². The molecule has 1 aliphatic rings. The van der Waals surface area contributed by atoms with Crippen molar-refractivity contribution in [3.8, 4) is 0 Å². The second-order valence-electron chi connectivity index (χ2n) is 2.48. The number of ketones is 2. The van der Waals surface area contributed by atoms with Crippen molar-refractivity contribution in [1.29, 1.82) is 0 Å². The van der Waals surface area contributed by atoms with Crippen LogP contribution in [-0.2, 0) is 9.59 Å². The first-order chi connectivity index (χ1) is 5.15. The Morgan fingerprint density at radius 1 is 1.27 bits per heavy atom. The smallest absolute Gasteiger partial charge is 0.167 e. The molecule has 0 aliphatic heterocycles. The summed E-state index contributed by atoms with van der Waals surface area (Å²) in [5, 5.41) is 2.62. The maximum absolute atomic E-state index is 10.9. The van der Waals surface area contributed by atoms with Crippen molar-refractivity contribution in [3.63, 3.8) is 0 Å². The van der Waals surface area contributed by atoms with E-state index in [2.05, 4.69) is 5.18 Å². The quantitative estimate of drug-likeness (QED) is 0.416. The molecule has 0 fully saturated rings. The van der Waals surface area contributed by atoms with E-state index in [-0.39, 0.29) is 30.1 Å².